The summed E-state index contributed by atoms with van der Waals surface area (Å²) < 4.78 is 11.5. The largest absolute Gasteiger partial charge is 0.491 e. The lowest BCUT2D eigenvalue weighted by Crippen LogP contribution is -2.50. The molecule has 6 nitrogen and oxygen atoms in total. The van der Waals surface area contributed by atoms with E-state index in [0.717, 1.165) is 24.5 Å². The average molecular weight is 398 g/mol. The molecule has 6 heteroatoms. The number of nitrogens with zero attached hydrogens (tertiary/aromatic N) is 2. The number of benzene rings is 2. The third kappa shape index (κ3) is 5.79. The van der Waals surface area contributed by atoms with Crippen LogP contribution in [0.3, 0.4) is 0 Å². The van der Waals surface area contributed by atoms with Crippen molar-refractivity contribution in [1.29, 1.82) is 0 Å². The molecule has 0 unspecified atom stereocenters. The zero-order valence-corrected chi connectivity index (χ0v) is 17.7. The maximum absolute atomic E-state index is 12.7. The number of anilines is 2. The lowest BCUT2D eigenvalue weighted by molar-refractivity contribution is 0.207. The predicted molar refractivity (Wildman–Crippen MR) is 117 cm³/mol. The molecule has 2 amide bonds. The monoisotopic (exact) mass is 397 g/mol. The van der Waals surface area contributed by atoms with E-state index in [1.807, 2.05) is 69.0 Å². The van der Waals surface area contributed by atoms with Crippen LogP contribution in [0.5, 0.6) is 11.5 Å². The molecule has 1 aliphatic rings. The number of urea groups is 1. The quantitative estimate of drug-likeness (QED) is 0.773. The van der Waals surface area contributed by atoms with Crippen molar-refractivity contribution in [3.8, 4) is 11.5 Å². The van der Waals surface area contributed by atoms with Crippen molar-refractivity contribution in [3.63, 3.8) is 0 Å². The summed E-state index contributed by atoms with van der Waals surface area (Å²) in [6.07, 6.45) is 0.216. The molecular weight excluding hydrogens is 366 g/mol. The molecule has 0 aliphatic carbocycles. The number of carbonyl (C=O) groups is 1. The second kappa shape index (κ2) is 9.54. The molecule has 0 spiro atoms. The van der Waals surface area contributed by atoms with Gasteiger partial charge in [-0.05, 0) is 64.1 Å². The average Bonchev–Trinajstić information content (AvgIpc) is 2.69. The highest BCUT2D eigenvalue weighted by Gasteiger charge is 2.22. The number of amides is 2. The van der Waals surface area contributed by atoms with Gasteiger partial charge in [-0.3, -0.25) is 0 Å². The number of carbonyl (C=O) groups excluding carboxylic acids is 1. The van der Waals surface area contributed by atoms with Gasteiger partial charge in [0.15, 0.2) is 0 Å². The van der Waals surface area contributed by atoms with Gasteiger partial charge >= 0.3 is 6.03 Å². The summed E-state index contributed by atoms with van der Waals surface area (Å²) in [6, 6.07) is 15.6. The predicted octanol–water partition coefficient (Wildman–Crippen LogP) is 4.62. The number of nitrogens with one attached hydrogen (secondary N) is 1. The van der Waals surface area contributed by atoms with Crippen LogP contribution in [-0.4, -0.2) is 49.3 Å². The van der Waals surface area contributed by atoms with Gasteiger partial charge in [0.1, 0.15) is 11.5 Å². The minimum Gasteiger partial charge on any atom is -0.491 e. The first kappa shape index (κ1) is 20.8. The Morgan fingerprint density at radius 2 is 1.48 bits per heavy atom. The van der Waals surface area contributed by atoms with Crippen molar-refractivity contribution < 1.29 is 14.3 Å². The molecule has 0 atom stereocenters. The molecule has 1 fully saturated rings. The second-order valence-electron chi connectivity index (χ2n) is 7.73. The number of piperazine rings is 1. The highest BCUT2D eigenvalue weighted by atomic mass is 16.5. The SMILES string of the molecule is CC(C)Oc1ccc(N2CCN(C(=O)Nc3ccccc3OC(C)C)CC2)cc1. The van der Waals surface area contributed by atoms with Gasteiger partial charge in [-0.1, -0.05) is 12.1 Å². The summed E-state index contributed by atoms with van der Waals surface area (Å²) in [5, 5.41) is 2.99. The van der Waals surface area contributed by atoms with Gasteiger partial charge in [0.2, 0.25) is 0 Å². The molecule has 1 saturated heterocycles. The minimum absolute atomic E-state index is 0.0499. The molecule has 0 aromatic heterocycles. The molecule has 29 heavy (non-hydrogen) atoms. The van der Waals surface area contributed by atoms with E-state index in [1.165, 1.54) is 0 Å². The number of hydrogen-bond donors (Lipinski definition) is 1. The topological polar surface area (TPSA) is 54.0 Å². The molecule has 1 aliphatic heterocycles. The summed E-state index contributed by atoms with van der Waals surface area (Å²) in [7, 11) is 0. The molecule has 1 N–H and O–H groups in total. The molecular formula is C23H31N3O3. The molecule has 3 rings (SSSR count). The Labute approximate surface area is 173 Å². The van der Waals surface area contributed by atoms with E-state index in [1.54, 1.807) is 0 Å². The van der Waals surface area contributed by atoms with E-state index in [2.05, 4.69) is 22.3 Å². The Bertz CT molecular complexity index is 797. The van der Waals surface area contributed by atoms with Crippen LogP contribution >= 0.6 is 0 Å². The zero-order valence-electron chi connectivity index (χ0n) is 17.7. The normalized spacial score (nSPS) is 14.3. The van der Waals surface area contributed by atoms with Gasteiger partial charge < -0.3 is 24.6 Å². The van der Waals surface area contributed by atoms with Crippen LogP contribution in [0.1, 0.15) is 27.7 Å². The van der Waals surface area contributed by atoms with Crippen molar-refractivity contribution in [2.45, 2.75) is 39.9 Å². The number of ether oxygens (including phenoxy) is 2. The molecule has 1 heterocycles. The van der Waals surface area contributed by atoms with Gasteiger partial charge in [0, 0.05) is 31.9 Å². The lowest BCUT2D eigenvalue weighted by atomic mass is 10.2. The van der Waals surface area contributed by atoms with Crippen LogP contribution in [0.4, 0.5) is 16.2 Å². The van der Waals surface area contributed by atoms with E-state index in [0.29, 0.717) is 24.5 Å². The van der Waals surface area contributed by atoms with E-state index in [-0.39, 0.29) is 18.2 Å². The van der Waals surface area contributed by atoms with Gasteiger partial charge in [0.05, 0.1) is 17.9 Å². The Balaban J connectivity index is 1.55. The van der Waals surface area contributed by atoms with Crippen molar-refractivity contribution >= 4 is 17.4 Å². The van der Waals surface area contributed by atoms with E-state index >= 15 is 0 Å². The third-order valence-corrected chi connectivity index (χ3v) is 4.63. The van der Waals surface area contributed by atoms with Crippen molar-refractivity contribution in [3.05, 3.63) is 48.5 Å². The maximum Gasteiger partial charge on any atom is 0.322 e. The molecule has 2 aromatic rings. The summed E-state index contributed by atoms with van der Waals surface area (Å²) in [4.78, 5) is 16.9. The summed E-state index contributed by atoms with van der Waals surface area (Å²) in [6.45, 7) is 10.9. The van der Waals surface area contributed by atoms with Crippen LogP contribution in [0.2, 0.25) is 0 Å². The van der Waals surface area contributed by atoms with Crippen molar-refractivity contribution in [2.75, 3.05) is 36.4 Å². The third-order valence-electron chi connectivity index (χ3n) is 4.63. The fourth-order valence-corrected chi connectivity index (χ4v) is 3.30. The van der Waals surface area contributed by atoms with Crippen LogP contribution in [-0.2, 0) is 0 Å². The van der Waals surface area contributed by atoms with Gasteiger partial charge in [-0.2, -0.15) is 0 Å². The Hall–Kier alpha value is -2.89. The van der Waals surface area contributed by atoms with E-state index in [9.17, 15) is 4.79 Å². The number of rotatable bonds is 6. The minimum atomic E-state index is -0.0925. The highest BCUT2D eigenvalue weighted by molar-refractivity contribution is 5.91. The molecule has 0 bridgehead atoms. The van der Waals surface area contributed by atoms with Gasteiger partial charge in [-0.15, -0.1) is 0 Å². The molecule has 0 radical (unpaired) electrons. The van der Waals surface area contributed by atoms with Crippen molar-refractivity contribution in [2.24, 2.45) is 0 Å². The maximum atomic E-state index is 12.7. The molecule has 2 aromatic carbocycles. The Morgan fingerprint density at radius 3 is 2.10 bits per heavy atom. The van der Waals surface area contributed by atoms with Crippen LogP contribution in [0, 0.1) is 0 Å². The first-order valence-corrected chi connectivity index (χ1v) is 10.3. The molecule has 0 saturated carbocycles. The number of hydrogen-bond acceptors (Lipinski definition) is 4. The van der Waals surface area contributed by atoms with Gasteiger partial charge in [-0.25, -0.2) is 4.79 Å². The van der Waals surface area contributed by atoms with Crippen molar-refractivity contribution in [1.82, 2.24) is 4.90 Å². The fraction of sp³-hybridized carbons (Fsp3) is 0.435. The smallest absolute Gasteiger partial charge is 0.322 e. The fourth-order valence-electron chi connectivity index (χ4n) is 3.30. The summed E-state index contributed by atoms with van der Waals surface area (Å²) >= 11 is 0. The van der Waals surface area contributed by atoms with Gasteiger partial charge in [0.25, 0.3) is 0 Å². The van der Waals surface area contributed by atoms with Crippen LogP contribution in [0.15, 0.2) is 48.5 Å². The second-order valence-corrected chi connectivity index (χ2v) is 7.73. The van der Waals surface area contributed by atoms with E-state index in [4.69, 9.17) is 9.47 Å². The highest BCUT2D eigenvalue weighted by Crippen LogP contribution is 2.26. The van der Waals surface area contributed by atoms with Crippen LogP contribution in [0.25, 0.3) is 0 Å². The first-order valence-electron chi connectivity index (χ1n) is 10.3. The Morgan fingerprint density at radius 1 is 0.862 bits per heavy atom. The van der Waals surface area contributed by atoms with Crippen LogP contribution < -0.4 is 19.7 Å². The standard InChI is InChI=1S/C23H31N3O3/c1-17(2)28-20-11-9-19(10-12-20)25-13-15-26(16-14-25)23(27)24-21-7-5-6-8-22(21)29-18(3)4/h5-12,17-18H,13-16H2,1-4H3,(H,24,27). The first-order chi connectivity index (χ1) is 13.9. The summed E-state index contributed by atoms with van der Waals surface area (Å²) in [5.74, 6) is 1.57. The Kier molecular flexibility index (Phi) is 6.86. The zero-order chi connectivity index (χ0) is 20.8. The van der Waals surface area contributed by atoms with E-state index < -0.39 is 0 Å². The number of para-hydroxylation sites is 2. The summed E-state index contributed by atoms with van der Waals surface area (Å²) in [5.41, 5.74) is 1.85. The molecule has 156 valence electrons. The lowest BCUT2D eigenvalue weighted by Gasteiger charge is -2.36.